The van der Waals surface area contributed by atoms with Crippen LogP contribution in [0.2, 0.25) is 5.02 Å². The molecule has 110 valence electrons. The minimum absolute atomic E-state index is 0.0169. The van der Waals surface area contributed by atoms with Crippen molar-refractivity contribution >= 4 is 23.3 Å². The standard InChI is InChI=1S/C15H22ClN3O/c1-3-19(11-7-5-4-6-8-11)15(20)12-9-14(17-2)18-10-13(12)16/h9-11H,3-8H2,1-2H3,(H,17,18). The normalized spacial score (nSPS) is 15.9. The van der Waals surface area contributed by atoms with Crippen LogP contribution in [0.25, 0.3) is 0 Å². The highest BCUT2D eigenvalue weighted by Gasteiger charge is 2.26. The van der Waals surface area contributed by atoms with E-state index in [-0.39, 0.29) is 5.91 Å². The molecule has 20 heavy (non-hydrogen) atoms. The van der Waals surface area contributed by atoms with Gasteiger partial charge in [0.15, 0.2) is 0 Å². The molecule has 1 saturated carbocycles. The Bertz CT molecular complexity index is 472. The highest BCUT2D eigenvalue weighted by Crippen LogP contribution is 2.26. The minimum atomic E-state index is 0.0169. The van der Waals surface area contributed by atoms with Crippen LogP contribution in [0.5, 0.6) is 0 Å². The van der Waals surface area contributed by atoms with Crippen LogP contribution < -0.4 is 5.32 Å². The van der Waals surface area contributed by atoms with Gasteiger partial charge in [-0.3, -0.25) is 4.79 Å². The summed E-state index contributed by atoms with van der Waals surface area (Å²) in [6, 6.07) is 2.08. The lowest BCUT2D eigenvalue weighted by Gasteiger charge is -2.33. The summed E-state index contributed by atoms with van der Waals surface area (Å²) in [6.07, 6.45) is 7.43. The van der Waals surface area contributed by atoms with Crippen molar-refractivity contribution in [3.63, 3.8) is 0 Å². The van der Waals surface area contributed by atoms with Crippen LogP contribution in [-0.2, 0) is 0 Å². The van der Waals surface area contributed by atoms with Gasteiger partial charge in [0.05, 0.1) is 10.6 Å². The third kappa shape index (κ3) is 3.23. The second-order valence-corrected chi connectivity index (χ2v) is 5.59. The van der Waals surface area contributed by atoms with Gasteiger partial charge in [-0.25, -0.2) is 4.98 Å². The number of pyridine rings is 1. The number of hydrogen-bond acceptors (Lipinski definition) is 3. The number of halogens is 1. The van der Waals surface area contributed by atoms with Crippen LogP contribution in [0.1, 0.15) is 49.4 Å². The molecule has 1 aromatic heterocycles. The van der Waals surface area contributed by atoms with E-state index in [1.165, 1.54) is 25.5 Å². The summed E-state index contributed by atoms with van der Waals surface area (Å²) in [5.41, 5.74) is 0.540. The Hall–Kier alpha value is -1.29. The number of aromatic nitrogens is 1. The fraction of sp³-hybridized carbons (Fsp3) is 0.600. The maximum Gasteiger partial charge on any atom is 0.255 e. The summed E-state index contributed by atoms with van der Waals surface area (Å²) < 4.78 is 0. The third-order valence-electron chi connectivity index (χ3n) is 3.96. The highest BCUT2D eigenvalue weighted by atomic mass is 35.5. The molecule has 0 atom stereocenters. The lowest BCUT2D eigenvalue weighted by Crippen LogP contribution is -2.41. The van der Waals surface area contributed by atoms with Gasteiger partial charge < -0.3 is 10.2 Å². The SMILES string of the molecule is CCN(C(=O)c1cc(NC)ncc1Cl)C1CCCCC1. The molecule has 1 aliphatic carbocycles. The molecule has 0 radical (unpaired) electrons. The fourth-order valence-corrected chi connectivity index (χ4v) is 3.04. The zero-order valence-corrected chi connectivity index (χ0v) is 12.9. The number of nitrogens with one attached hydrogen (secondary N) is 1. The summed E-state index contributed by atoms with van der Waals surface area (Å²) in [7, 11) is 1.78. The van der Waals surface area contributed by atoms with Crippen molar-refractivity contribution in [3.05, 3.63) is 22.8 Å². The average molecular weight is 296 g/mol. The van der Waals surface area contributed by atoms with E-state index in [4.69, 9.17) is 11.6 Å². The predicted molar refractivity (Wildman–Crippen MR) is 82.4 cm³/mol. The molecule has 0 saturated heterocycles. The number of carbonyl (C=O) groups is 1. The van der Waals surface area contributed by atoms with Gasteiger partial charge >= 0.3 is 0 Å². The Kier molecular flexibility index (Phi) is 5.24. The van der Waals surface area contributed by atoms with Gasteiger partial charge in [0.1, 0.15) is 5.82 Å². The molecule has 2 rings (SSSR count). The van der Waals surface area contributed by atoms with Crippen molar-refractivity contribution in [3.8, 4) is 0 Å². The van der Waals surface area contributed by atoms with Crippen LogP contribution in [0, 0.1) is 0 Å². The molecule has 0 spiro atoms. The summed E-state index contributed by atoms with van der Waals surface area (Å²) >= 11 is 6.15. The Morgan fingerprint density at radius 2 is 2.15 bits per heavy atom. The van der Waals surface area contributed by atoms with Crippen LogP contribution in [0.3, 0.4) is 0 Å². The van der Waals surface area contributed by atoms with Crippen LogP contribution in [-0.4, -0.2) is 35.4 Å². The number of anilines is 1. The van der Waals surface area contributed by atoms with Crippen LogP contribution >= 0.6 is 11.6 Å². The average Bonchev–Trinajstić information content (AvgIpc) is 2.49. The van der Waals surface area contributed by atoms with Gasteiger partial charge in [-0.05, 0) is 25.8 Å². The molecule has 1 fully saturated rings. The zero-order valence-electron chi connectivity index (χ0n) is 12.2. The van der Waals surface area contributed by atoms with E-state index >= 15 is 0 Å². The monoisotopic (exact) mass is 295 g/mol. The lowest BCUT2D eigenvalue weighted by molar-refractivity contribution is 0.0648. The summed E-state index contributed by atoms with van der Waals surface area (Å²) in [5.74, 6) is 0.681. The van der Waals surface area contributed by atoms with E-state index < -0.39 is 0 Å². The maximum absolute atomic E-state index is 12.8. The Morgan fingerprint density at radius 3 is 2.75 bits per heavy atom. The second-order valence-electron chi connectivity index (χ2n) is 5.18. The molecule has 1 heterocycles. The third-order valence-corrected chi connectivity index (χ3v) is 4.26. The maximum atomic E-state index is 12.8. The van der Waals surface area contributed by atoms with Crippen molar-refractivity contribution < 1.29 is 4.79 Å². The van der Waals surface area contributed by atoms with Crippen molar-refractivity contribution in [1.82, 2.24) is 9.88 Å². The first-order valence-electron chi connectivity index (χ1n) is 7.31. The summed E-state index contributed by atoms with van der Waals surface area (Å²) in [5, 5.41) is 3.37. The molecule has 4 nitrogen and oxygen atoms in total. The molecule has 0 aliphatic heterocycles. The fourth-order valence-electron chi connectivity index (χ4n) is 2.85. The molecule has 0 bridgehead atoms. The first-order chi connectivity index (χ1) is 9.67. The van der Waals surface area contributed by atoms with Gasteiger partial charge in [0.25, 0.3) is 5.91 Å². The topological polar surface area (TPSA) is 45.2 Å². The largest absolute Gasteiger partial charge is 0.373 e. The highest BCUT2D eigenvalue weighted by molar-refractivity contribution is 6.33. The molecule has 0 unspecified atom stereocenters. The zero-order chi connectivity index (χ0) is 14.5. The van der Waals surface area contributed by atoms with Crippen molar-refractivity contribution in [1.29, 1.82) is 0 Å². The smallest absolute Gasteiger partial charge is 0.255 e. The van der Waals surface area contributed by atoms with Crippen molar-refractivity contribution in [2.24, 2.45) is 0 Å². The molecular weight excluding hydrogens is 274 g/mol. The summed E-state index contributed by atoms with van der Waals surface area (Å²) in [6.45, 7) is 2.75. The van der Waals surface area contributed by atoms with Gasteiger partial charge in [0, 0.05) is 25.8 Å². The van der Waals surface area contributed by atoms with E-state index in [2.05, 4.69) is 10.3 Å². The molecule has 5 heteroatoms. The van der Waals surface area contributed by atoms with Crippen LogP contribution in [0.4, 0.5) is 5.82 Å². The van der Waals surface area contributed by atoms with Gasteiger partial charge in [-0.2, -0.15) is 0 Å². The first kappa shape index (κ1) is 15.1. The van der Waals surface area contributed by atoms with Gasteiger partial charge in [-0.15, -0.1) is 0 Å². The van der Waals surface area contributed by atoms with Gasteiger partial charge in [0.2, 0.25) is 0 Å². The number of rotatable bonds is 4. The second kappa shape index (κ2) is 6.93. The summed E-state index contributed by atoms with van der Waals surface area (Å²) in [4.78, 5) is 18.8. The molecule has 1 aliphatic rings. The molecule has 1 aromatic rings. The van der Waals surface area contributed by atoms with E-state index in [9.17, 15) is 4.79 Å². The Morgan fingerprint density at radius 1 is 1.45 bits per heavy atom. The first-order valence-corrected chi connectivity index (χ1v) is 7.69. The van der Waals surface area contributed by atoms with E-state index in [0.29, 0.717) is 22.4 Å². The molecule has 1 amide bonds. The number of carbonyl (C=O) groups excluding carboxylic acids is 1. The van der Waals surface area contributed by atoms with Crippen molar-refractivity contribution in [2.75, 3.05) is 18.9 Å². The quantitative estimate of drug-likeness (QED) is 0.923. The lowest BCUT2D eigenvalue weighted by atomic mass is 9.93. The van der Waals surface area contributed by atoms with E-state index in [1.807, 2.05) is 11.8 Å². The minimum Gasteiger partial charge on any atom is -0.373 e. The van der Waals surface area contributed by atoms with E-state index in [1.54, 1.807) is 13.1 Å². The molecule has 0 aromatic carbocycles. The van der Waals surface area contributed by atoms with Crippen LogP contribution in [0.15, 0.2) is 12.3 Å². The number of nitrogens with zero attached hydrogens (tertiary/aromatic N) is 2. The van der Waals surface area contributed by atoms with Crippen molar-refractivity contribution in [2.45, 2.75) is 45.1 Å². The number of hydrogen-bond donors (Lipinski definition) is 1. The van der Waals surface area contributed by atoms with E-state index in [0.717, 1.165) is 19.4 Å². The number of amides is 1. The predicted octanol–water partition coefficient (Wildman–Crippen LogP) is 3.57. The molecule has 1 N–H and O–H groups in total. The molecular formula is C15H22ClN3O. The Balaban J connectivity index is 2.23. The Labute approximate surface area is 125 Å². The van der Waals surface area contributed by atoms with Gasteiger partial charge in [-0.1, -0.05) is 30.9 Å².